The number of aldehydes is 1. The Bertz CT molecular complexity index is 1010. The molecular formula is C24H25FN2O2. The largest absolute Gasteiger partial charge is 0.505 e. The predicted octanol–water partition coefficient (Wildman–Crippen LogP) is 4.72. The van der Waals surface area contributed by atoms with Crippen molar-refractivity contribution in [3.63, 3.8) is 0 Å². The third-order valence-corrected chi connectivity index (χ3v) is 5.12. The molecule has 1 aromatic heterocycles. The molecule has 29 heavy (non-hydrogen) atoms. The van der Waals surface area contributed by atoms with Crippen LogP contribution in [0.1, 0.15) is 59.2 Å². The van der Waals surface area contributed by atoms with Gasteiger partial charge in [-0.05, 0) is 67.0 Å². The van der Waals surface area contributed by atoms with Gasteiger partial charge >= 0.3 is 0 Å². The predicted molar refractivity (Wildman–Crippen MR) is 114 cm³/mol. The van der Waals surface area contributed by atoms with Gasteiger partial charge in [-0.25, -0.2) is 4.39 Å². The van der Waals surface area contributed by atoms with Gasteiger partial charge in [0.1, 0.15) is 11.3 Å². The first-order chi connectivity index (χ1) is 14.1. The Balaban J connectivity index is 1.98. The maximum absolute atomic E-state index is 13.3. The van der Waals surface area contributed by atoms with E-state index in [4.69, 9.17) is 6.42 Å². The quantitative estimate of drug-likeness (QED) is 0.368. The minimum absolute atomic E-state index is 0.0553. The first kappa shape index (κ1) is 20.8. The van der Waals surface area contributed by atoms with Gasteiger partial charge in [0.2, 0.25) is 0 Å². The highest BCUT2D eigenvalue weighted by Gasteiger charge is 2.31. The molecule has 1 heterocycles. The molecule has 0 spiro atoms. The minimum Gasteiger partial charge on any atom is -0.505 e. The van der Waals surface area contributed by atoms with Crippen molar-refractivity contribution in [2.24, 2.45) is 0 Å². The number of hydrogen-bond acceptors (Lipinski definition) is 4. The zero-order chi connectivity index (χ0) is 20.8. The van der Waals surface area contributed by atoms with Gasteiger partial charge in [0.25, 0.3) is 0 Å². The van der Waals surface area contributed by atoms with Crippen LogP contribution in [0.25, 0.3) is 10.9 Å². The van der Waals surface area contributed by atoms with Crippen molar-refractivity contribution in [2.45, 2.75) is 45.1 Å². The first-order valence-corrected chi connectivity index (χ1v) is 9.91. The molecule has 0 aliphatic heterocycles. The number of nitrogens with zero attached hydrogens (tertiary/aromatic N) is 1. The van der Waals surface area contributed by atoms with Crippen molar-refractivity contribution in [1.29, 1.82) is 0 Å². The normalized spacial score (nSPS) is 14.4. The number of rotatable bonds is 9. The van der Waals surface area contributed by atoms with E-state index in [1.807, 2.05) is 13.0 Å². The maximum atomic E-state index is 13.3. The highest BCUT2D eigenvalue weighted by atomic mass is 19.1. The monoisotopic (exact) mass is 392 g/mol. The van der Waals surface area contributed by atoms with Crippen LogP contribution in [0.3, 0.4) is 0 Å². The number of nitrogens with one attached hydrogen (secondary N) is 1. The molecule has 1 aliphatic rings. The number of aromatic hydroxyl groups is 1. The van der Waals surface area contributed by atoms with Gasteiger partial charge < -0.3 is 10.4 Å². The van der Waals surface area contributed by atoms with E-state index in [0.717, 1.165) is 53.8 Å². The lowest BCUT2D eigenvalue weighted by atomic mass is 9.91. The van der Waals surface area contributed by atoms with Crippen LogP contribution in [0.5, 0.6) is 5.75 Å². The van der Waals surface area contributed by atoms with Crippen molar-refractivity contribution in [2.75, 3.05) is 6.54 Å². The van der Waals surface area contributed by atoms with Crippen molar-refractivity contribution in [1.82, 2.24) is 10.3 Å². The summed E-state index contributed by atoms with van der Waals surface area (Å²) >= 11 is 0. The number of phenols is 1. The van der Waals surface area contributed by atoms with Crippen LogP contribution in [0.4, 0.5) is 4.39 Å². The van der Waals surface area contributed by atoms with Crippen molar-refractivity contribution < 1.29 is 14.3 Å². The Hall–Kier alpha value is -2.97. The Morgan fingerprint density at radius 2 is 2.28 bits per heavy atom. The Morgan fingerprint density at radius 1 is 1.48 bits per heavy atom. The van der Waals surface area contributed by atoms with Gasteiger partial charge in [0, 0.05) is 24.2 Å². The van der Waals surface area contributed by atoms with Crippen LogP contribution < -0.4 is 5.32 Å². The molecule has 4 nitrogen and oxygen atoms in total. The molecule has 1 fully saturated rings. The summed E-state index contributed by atoms with van der Waals surface area (Å²) in [6.45, 7) is 3.32. The lowest BCUT2D eigenvalue weighted by Crippen LogP contribution is -2.15. The van der Waals surface area contributed by atoms with Crippen LogP contribution in [0.15, 0.2) is 36.3 Å². The molecule has 0 amide bonds. The van der Waals surface area contributed by atoms with Crippen molar-refractivity contribution >= 4 is 17.2 Å². The molecule has 1 aliphatic carbocycles. The SMILES string of the molecule is C#C/C=C(F)\C=C/CCc1cnc2c(O)c(C=O)c(CNCC)c(C3CC3)c2c1. The summed E-state index contributed by atoms with van der Waals surface area (Å²) in [7, 11) is 0. The summed E-state index contributed by atoms with van der Waals surface area (Å²) in [5, 5.41) is 14.9. The topological polar surface area (TPSA) is 62.2 Å². The van der Waals surface area contributed by atoms with Gasteiger partial charge in [0.15, 0.2) is 12.0 Å². The molecule has 0 bridgehead atoms. The summed E-state index contributed by atoms with van der Waals surface area (Å²) in [5.41, 5.74) is 3.79. The van der Waals surface area contributed by atoms with Crippen LogP contribution in [0.2, 0.25) is 0 Å². The second-order valence-corrected chi connectivity index (χ2v) is 7.20. The number of hydrogen-bond donors (Lipinski definition) is 2. The fourth-order valence-corrected chi connectivity index (χ4v) is 3.60. The standard InChI is InChI=1S/C24H25FN2O2/c1-3-7-18(25)9-6-5-8-16-12-19-22(17-10-11-17)20(14-26-4-2)21(15-28)24(29)23(19)27-13-16/h1,6-7,9,12-13,15,17,26,29H,4-5,8,10-11,14H2,2H3/b9-6-,18-7+. The number of carbonyl (C=O) groups excluding carboxylic acids is 1. The van der Waals surface area contributed by atoms with Crippen molar-refractivity contribution in [3.8, 4) is 18.1 Å². The van der Waals surface area contributed by atoms with E-state index in [2.05, 4.69) is 16.2 Å². The smallest absolute Gasteiger partial charge is 0.154 e. The second-order valence-electron chi connectivity index (χ2n) is 7.20. The molecular weight excluding hydrogens is 367 g/mol. The number of halogens is 1. The maximum Gasteiger partial charge on any atom is 0.154 e. The van der Waals surface area contributed by atoms with E-state index < -0.39 is 5.83 Å². The molecule has 150 valence electrons. The number of phenolic OH excluding ortho intramolecular Hbond substituents is 1. The number of fused-ring (bicyclic) bond motifs is 1. The summed E-state index contributed by atoms with van der Waals surface area (Å²) < 4.78 is 13.3. The van der Waals surface area contributed by atoms with Crippen molar-refractivity contribution in [3.05, 3.63) is 58.6 Å². The van der Waals surface area contributed by atoms with E-state index in [9.17, 15) is 14.3 Å². The molecule has 1 saturated carbocycles. The highest BCUT2D eigenvalue weighted by molar-refractivity contribution is 5.98. The van der Waals surface area contributed by atoms with Gasteiger partial charge in [-0.3, -0.25) is 9.78 Å². The number of benzene rings is 1. The van der Waals surface area contributed by atoms with E-state index in [-0.39, 0.29) is 5.75 Å². The molecule has 1 aromatic carbocycles. The van der Waals surface area contributed by atoms with Crippen LogP contribution >= 0.6 is 0 Å². The Morgan fingerprint density at radius 3 is 2.93 bits per heavy atom. The number of aryl methyl sites for hydroxylation is 1. The van der Waals surface area contributed by atoms with Gasteiger partial charge in [-0.1, -0.05) is 18.9 Å². The summed E-state index contributed by atoms with van der Waals surface area (Å²) in [6, 6.07) is 2.04. The van der Waals surface area contributed by atoms with Crippen LogP contribution in [-0.4, -0.2) is 22.9 Å². The molecule has 5 heteroatoms. The van der Waals surface area contributed by atoms with E-state index in [1.54, 1.807) is 12.3 Å². The fourth-order valence-electron chi connectivity index (χ4n) is 3.60. The van der Waals surface area contributed by atoms with Crippen LogP contribution in [0, 0.1) is 12.3 Å². The van der Waals surface area contributed by atoms with E-state index >= 15 is 0 Å². The highest BCUT2D eigenvalue weighted by Crippen LogP contribution is 2.47. The molecule has 0 saturated heterocycles. The van der Waals surface area contributed by atoms with Gasteiger partial charge in [-0.15, -0.1) is 6.42 Å². The molecule has 3 rings (SSSR count). The summed E-state index contributed by atoms with van der Waals surface area (Å²) in [5.74, 6) is 2.05. The minimum atomic E-state index is -0.445. The molecule has 0 atom stereocenters. The second kappa shape index (κ2) is 9.49. The third kappa shape index (κ3) is 4.72. The summed E-state index contributed by atoms with van der Waals surface area (Å²) in [4.78, 5) is 16.2. The summed E-state index contributed by atoms with van der Waals surface area (Å²) in [6.07, 6.45) is 15.1. The average molecular weight is 392 g/mol. The van der Waals surface area contributed by atoms with E-state index in [0.29, 0.717) is 36.4 Å². The Kier molecular flexibility index (Phi) is 6.79. The molecule has 2 aromatic rings. The number of aromatic nitrogens is 1. The average Bonchev–Trinajstić information content (AvgIpc) is 3.55. The fraction of sp³-hybridized carbons (Fsp3) is 0.333. The third-order valence-electron chi connectivity index (χ3n) is 5.12. The number of carbonyl (C=O) groups is 1. The lowest BCUT2D eigenvalue weighted by molar-refractivity contribution is 0.112. The van der Waals surface area contributed by atoms with Gasteiger partial charge in [-0.2, -0.15) is 0 Å². The number of allylic oxidation sites excluding steroid dienone is 4. The Labute approximate surface area is 170 Å². The molecule has 2 N–H and O–H groups in total. The zero-order valence-corrected chi connectivity index (χ0v) is 16.5. The molecule has 0 radical (unpaired) electrons. The number of terminal acetylenes is 1. The first-order valence-electron chi connectivity index (χ1n) is 9.91. The van der Waals surface area contributed by atoms with Crippen LogP contribution in [-0.2, 0) is 13.0 Å². The number of pyridine rings is 1. The molecule has 0 unspecified atom stereocenters. The lowest BCUT2D eigenvalue weighted by Gasteiger charge is -2.17. The van der Waals surface area contributed by atoms with Gasteiger partial charge in [0.05, 0.1) is 5.56 Å². The van der Waals surface area contributed by atoms with E-state index in [1.165, 1.54) is 6.08 Å². The zero-order valence-electron chi connectivity index (χ0n) is 16.5.